The summed E-state index contributed by atoms with van der Waals surface area (Å²) in [6, 6.07) is 6.22. The van der Waals surface area contributed by atoms with E-state index in [0.29, 0.717) is 10.7 Å². The van der Waals surface area contributed by atoms with Gasteiger partial charge in [0.2, 0.25) is 11.0 Å². The van der Waals surface area contributed by atoms with Gasteiger partial charge in [0.15, 0.2) is 0 Å². The van der Waals surface area contributed by atoms with E-state index >= 15 is 0 Å². The van der Waals surface area contributed by atoms with Crippen molar-refractivity contribution in [2.24, 2.45) is 0 Å². The molecule has 1 heterocycles. The van der Waals surface area contributed by atoms with Gasteiger partial charge < -0.3 is 5.32 Å². The summed E-state index contributed by atoms with van der Waals surface area (Å²) in [5.74, 6) is -0.643. The Balaban J connectivity index is 1.93. The molecule has 0 aliphatic rings. The van der Waals surface area contributed by atoms with E-state index in [0.717, 1.165) is 9.48 Å². The molecule has 0 saturated carbocycles. The predicted molar refractivity (Wildman–Crippen MR) is 84.3 cm³/mol. The molecule has 0 saturated heterocycles. The summed E-state index contributed by atoms with van der Waals surface area (Å²) in [7, 11) is 0. The maximum atomic E-state index is 12.0. The van der Waals surface area contributed by atoms with Crippen LogP contribution in [0.25, 0.3) is 0 Å². The van der Waals surface area contributed by atoms with Crippen molar-refractivity contribution in [2.45, 2.75) is 19.9 Å². The number of halogens is 1. The molecule has 2 rings (SSSR count). The van der Waals surface area contributed by atoms with Crippen molar-refractivity contribution < 1.29 is 9.59 Å². The Bertz CT molecular complexity index is 656. The van der Waals surface area contributed by atoms with Crippen molar-refractivity contribution in [3.63, 3.8) is 0 Å². The lowest BCUT2D eigenvalue weighted by molar-refractivity contribution is -0.117. The lowest BCUT2D eigenvalue weighted by Crippen LogP contribution is -2.41. The van der Waals surface area contributed by atoms with Gasteiger partial charge in [-0.15, -0.1) is 10.2 Å². The van der Waals surface area contributed by atoms with Crippen molar-refractivity contribution in [1.29, 1.82) is 0 Å². The summed E-state index contributed by atoms with van der Waals surface area (Å²) in [6.45, 7) is 3.41. The summed E-state index contributed by atoms with van der Waals surface area (Å²) in [6.07, 6.45) is 0. The average Bonchev–Trinajstić information content (AvgIpc) is 2.84. The Hall–Kier alpha value is -1.80. The molecule has 2 N–H and O–H groups in total. The highest BCUT2D eigenvalue weighted by Gasteiger charge is 2.17. The first-order valence-electron chi connectivity index (χ1n) is 6.13. The van der Waals surface area contributed by atoms with Gasteiger partial charge in [-0.25, -0.2) is 0 Å². The van der Waals surface area contributed by atoms with Crippen LogP contribution in [0.4, 0.5) is 5.13 Å². The number of aryl methyl sites for hydroxylation is 1. The molecular weight excluding hydrogens is 356 g/mol. The SMILES string of the molecule is Cc1nnc(NC(=O)C(C)NC(=O)c2ccc(Br)cc2)s1. The first kappa shape index (κ1) is 15.6. The molecule has 8 heteroatoms. The van der Waals surface area contributed by atoms with Crippen LogP contribution in [0.15, 0.2) is 28.7 Å². The third kappa shape index (κ3) is 4.33. The van der Waals surface area contributed by atoms with E-state index in [2.05, 4.69) is 36.8 Å². The molecule has 0 radical (unpaired) electrons. The molecule has 2 aromatic rings. The van der Waals surface area contributed by atoms with Crippen LogP contribution in [0.5, 0.6) is 0 Å². The molecule has 110 valence electrons. The van der Waals surface area contributed by atoms with E-state index in [1.165, 1.54) is 11.3 Å². The zero-order chi connectivity index (χ0) is 15.4. The van der Waals surface area contributed by atoms with Crippen LogP contribution in [-0.4, -0.2) is 28.1 Å². The molecule has 0 bridgehead atoms. The van der Waals surface area contributed by atoms with Crippen LogP contribution >= 0.6 is 27.3 Å². The van der Waals surface area contributed by atoms with Crippen LogP contribution < -0.4 is 10.6 Å². The summed E-state index contributed by atoms with van der Waals surface area (Å²) in [5, 5.41) is 14.0. The average molecular weight is 369 g/mol. The van der Waals surface area contributed by atoms with Crippen LogP contribution in [0.2, 0.25) is 0 Å². The minimum atomic E-state index is -0.676. The molecule has 0 fully saturated rings. The molecule has 1 atom stereocenters. The number of aromatic nitrogens is 2. The smallest absolute Gasteiger partial charge is 0.251 e. The van der Waals surface area contributed by atoms with Crippen molar-refractivity contribution in [3.05, 3.63) is 39.3 Å². The van der Waals surface area contributed by atoms with Gasteiger partial charge in [0.1, 0.15) is 11.0 Å². The molecule has 0 aliphatic carbocycles. The van der Waals surface area contributed by atoms with E-state index in [4.69, 9.17) is 0 Å². The fourth-order valence-corrected chi connectivity index (χ4v) is 2.37. The second-order valence-electron chi connectivity index (χ2n) is 4.32. The van der Waals surface area contributed by atoms with Gasteiger partial charge in [0, 0.05) is 10.0 Å². The zero-order valence-electron chi connectivity index (χ0n) is 11.4. The summed E-state index contributed by atoms with van der Waals surface area (Å²) < 4.78 is 0.886. The number of hydrogen-bond donors (Lipinski definition) is 2. The van der Waals surface area contributed by atoms with Gasteiger partial charge in [-0.2, -0.15) is 0 Å². The van der Waals surface area contributed by atoms with Crippen molar-refractivity contribution >= 4 is 44.2 Å². The van der Waals surface area contributed by atoms with E-state index < -0.39 is 6.04 Å². The minimum Gasteiger partial charge on any atom is -0.341 e. The van der Waals surface area contributed by atoms with Gasteiger partial charge in [0.05, 0.1) is 0 Å². The number of anilines is 1. The second-order valence-corrected chi connectivity index (χ2v) is 6.41. The lowest BCUT2D eigenvalue weighted by atomic mass is 10.2. The minimum absolute atomic E-state index is 0.307. The van der Waals surface area contributed by atoms with Crippen LogP contribution in [0.1, 0.15) is 22.3 Å². The fraction of sp³-hybridized carbons (Fsp3) is 0.231. The number of carbonyl (C=O) groups is 2. The maximum Gasteiger partial charge on any atom is 0.251 e. The number of carbonyl (C=O) groups excluding carboxylic acids is 2. The van der Waals surface area contributed by atoms with E-state index in [9.17, 15) is 9.59 Å². The predicted octanol–water partition coefficient (Wildman–Crippen LogP) is 2.37. The topological polar surface area (TPSA) is 84.0 Å². The molecule has 1 unspecified atom stereocenters. The van der Waals surface area contributed by atoms with Gasteiger partial charge in [-0.05, 0) is 38.1 Å². The second kappa shape index (κ2) is 6.77. The van der Waals surface area contributed by atoms with Gasteiger partial charge in [-0.3, -0.25) is 14.9 Å². The number of nitrogens with one attached hydrogen (secondary N) is 2. The number of benzene rings is 1. The Morgan fingerprint density at radius 1 is 1.24 bits per heavy atom. The first-order valence-corrected chi connectivity index (χ1v) is 7.74. The van der Waals surface area contributed by atoms with Gasteiger partial charge in [-0.1, -0.05) is 27.3 Å². The molecule has 0 spiro atoms. The summed E-state index contributed by atoms with van der Waals surface area (Å²) in [4.78, 5) is 23.9. The van der Waals surface area contributed by atoms with Crippen molar-refractivity contribution in [1.82, 2.24) is 15.5 Å². The van der Waals surface area contributed by atoms with Crippen molar-refractivity contribution in [3.8, 4) is 0 Å². The maximum absolute atomic E-state index is 12.0. The largest absolute Gasteiger partial charge is 0.341 e. The molecule has 6 nitrogen and oxygen atoms in total. The van der Waals surface area contributed by atoms with Crippen molar-refractivity contribution in [2.75, 3.05) is 5.32 Å². The Morgan fingerprint density at radius 3 is 2.48 bits per heavy atom. The zero-order valence-corrected chi connectivity index (χ0v) is 13.8. The number of amides is 2. The normalized spacial score (nSPS) is 11.8. The summed E-state index contributed by atoms with van der Waals surface area (Å²) in [5.41, 5.74) is 0.490. The lowest BCUT2D eigenvalue weighted by Gasteiger charge is -2.12. The highest BCUT2D eigenvalue weighted by molar-refractivity contribution is 9.10. The quantitative estimate of drug-likeness (QED) is 0.867. The molecule has 2 amide bonds. The highest BCUT2D eigenvalue weighted by atomic mass is 79.9. The third-order valence-electron chi connectivity index (χ3n) is 2.60. The molecule has 1 aromatic carbocycles. The number of hydrogen-bond acceptors (Lipinski definition) is 5. The fourth-order valence-electron chi connectivity index (χ4n) is 1.51. The number of rotatable bonds is 4. The Labute approximate surface area is 134 Å². The van der Waals surface area contributed by atoms with Crippen LogP contribution in [0, 0.1) is 6.92 Å². The highest BCUT2D eigenvalue weighted by Crippen LogP contribution is 2.14. The third-order valence-corrected chi connectivity index (χ3v) is 3.89. The Morgan fingerprint density at radius 2 is 1.90 bits per heavy atom. The first-order chi connectivity index (χ1) is 9.95. The summed E-state index contributed by atoms with van der Waals surface area (Å²) >= 11 is 4.58. The standard InChI is InChI=1S/C13H13BrN4O2S/c1-7(11(19)16-13-18-17-8(2)21-13)15-12(20)9-3-5-10(14)6-4-9/h3-7H,1-2H3,(H,15,20)(H,16,18,19). The molecular formula is C13H13BrN4O2S. The molecule has 0 aliphatic heterocycles. The molecule has 1 aromatic heterocycles. The Kier molecular flexibility index (Phi) is 5.03. The van der Waals surface area contributed by atoms with E-state index in [1.807, 2.05) is 0 Å². The monoisotopic (exact) mass is 368 g/mol. The van der Waals surface area contributed by atoms with E-state index in [1.54, 1.807) is 38.1 Å². The van der Waals surface area contributed by atoms with Crippen LogP contribution in [0.3, 0.4) is 0 Å². The van der Waals surface area contributed by atoms with Crippen LogP contribution in [-0.2, 0) is 4.79 Å². The van der Waals surface area contributed by atoms with E-state index in [-0.39, 0.29) is 11.8 Å². The van der Waals surface area contributed by atoms with Gasteiger partial charge >= 0.3 is 0 Å². The molecule has 21 heavy (non-hydrogen) atoms. The van der Waals surface area contributed by atoms with Gasteiger partial charge in [0.25, 0.3) is 5.91 Å². The number of nitrogens with zero attached hydrogens (tertiary/aromatic N) is 2.